The minimum absolute atomic E-state index is 0.0970. The van der Waals surface area contributed by atoms with Crippen LogP contribution in [-0.4, -0.2) is 27.7 Å². The summed E-state index contributed by atoms with van der Waals surface area (Å²) >= 11 is 0. The van der Waals surface area contributed by atoms with Crippen molar-refractivity contribution in [3.8, 4) is 0 Å². The lowest BCUT2D eigenvalue weighted by molar-refractivity contribution is -0.132. The molecule has 138 valence electrons. The van der Waals surface area contributed by atoms with Gasteiger partial charge in [0, 0.05) is 42.2 Å². The van der Waals surface area contributed by atoms with Crippen molar-refractivity contribution >= 4 is 22.6 Å². The number of Topliss-reactive ketones (excluding diaryl/α,β-unsaturated/α-hetero) is 1. The number of para-hydroxylation sites is 1. The van der Waals surface area contributed by atoms with Crippen LogP contribution in [0.25, 0.3) is 10.9 Å². The Kier molecular flexibility index (Phi) is 4.80. The maximum atomic E-state index is 12.9. The Balaban J connectivity index is 1.58. The molecule has 2 heterocycles. The fraction of sp³-hybridized carbons (Fsp3) is 0.304. The number of rotatable bonds is 5. The first kappa shape index (κ1) is 17.5. The Morgan fingerprint density at radius 2 is 1.74 bits per heavy atom. The van der Waals surface area contributed by atoms with E-state index in [0.29, 0.717) is 13.0 Å². The van der Waals surface area contributed by atoms with E-state index >= 15 is 0 Å². The second kappa shape index (κ2) is 7.39. The third-order valence-electron chi connectivity index (χ3n) is 5.36. The molecule has 4 rings (SSSR count). The van der Waals surface area contributed by atoms with Crippen molar-refractivity contribution in [1.82, 2.24) is 9.47 Å². The van der Waals surface area contributed by atoms with Crippen molar-refractivity contribution in [2.24, 2.45) is 0 Å². The van der Waals surface area contributed by atoms with Gasteiger partial charge < -0.3 is 9.47 Å². The Morgan fingerprint density at radius 1 is 1.00 bits per heavy atom. The van der Waals surface area contributed by atoms with Crippen LogP contribution in [0.3, 0.4) is 0 Å². The van der Waals surface area contributed by atoms with Gasteiger partial charge in [-0.05, 0) is 30.0 Å². The molecular weight excluding hydrogens is 336 g/mol. The van der Waals surface area contributed by atoms with Gasteiger partial charge in [0.2, 0.25) is 5.91 Å². The maximum absolute atomic E-state index is 12.9. The van der Waals surface area contributed by atoms with Crippen LogP contribution in [0.15, 0.2) is 54.7 Å². The van der Waals surface area contributed by atoms with E-state index in [1.807, 2.05) is 52.9 Å². The highest BCUT2D eigenvalue weighted by Crippen LogP contribution is 2.24. The van der Waals surface area contributed by atoms with Crippen molar-refractivity contribution in [2.75, 3.05) is 6.54 Å². The highest BCUT2D eigenvalue weighted by molar-refractivity contribution is 6.08. The zero-order chi connectivity index (χ0) is 18.8. The number of carbonyl (C=O) groups is 2. The Bertz CT molecular complexity index is 1000. The first-order valence-corrected chi connectivity index (χ1v) is 9.63. The van der Waals surface area contributed by atoms with E-state index in [2.05, 4.69) is 18.2 Å². The number of carbonyl (C=O) groups excluding carboxylic acids is 2. The summed E-state index contributed by atoms with van der Waals surface area (Å²) in [7, 11) is 0. The van der Waals surface area contributed by atoms with Gasteiger partial charge in [-0.1, -0.05) is 49.4 Å². The number of aromatic nitrogens is 1. The fourth-order valence-corrected chi connectivity index (χ4v) is 3.92. The number of fused-ring (bicyclic) bond motifs is 2. The molecule has 2 aromatic carbocycles. The largest absolute Gasteiger partial charge is 0.337 e. The number of ketones is 1. The number of hydrogen-bond donors (Lipinski definition) is 0. The number of amides is 1. The van der Waals surface area contributed by atoms with E-state index in [1.165, 1.54) is 11.1 Å². The van der Waals surface area contributed by atoms with Crippen LogP contribution in [0.1, 0.15) is 41.3 Å². The fourth-order valence-electron chi connectivity index (χ4n) is 3.92. The van der Waals surface area contributed by atoms with Gasteiger partial charge in [0.05, 0.1) is 0 Å². The lowest BCUT2D eigenvalue weighted by atomic mass is 10.00. The van der Waals surface area contributed by atoms with E-state index in [1.54, 1.807) is 0 Å². The van der Waals surface area contributed by atoms with E-state index < -0.39 is 0 Å². The number of hydrogen-bond acceptors (Lipinski definition) is 2. The topological polar surface area (TPSA) is 42.3 Å². The molecule has 0 bridgehead atoms. The lowest BCUT2D eigenvalue weighted by Crippen LogP contribution is -2.37. The normalized spacial score (nSPS) is 13.6. The standard InChI is InChI=1S/C23H24N2O2/c1-2-7-22(26)20-15-25(21-11-6-5-10-19(20)21)16-23(27)24-13-12-17-8-3-4-9-18(17)14-24/h3-6,8-11,15H,2,7,12-14,16H2,1H3. The summed E-state index contributed by atoms with van der Waals surface area (Å²) in [5.74, 6) is 0.242. The second-order valence-corrected chi connectivity index (χ2v) is 7.20. The van der Waals surface area contributed by atoms with Gasteiger partial charge in [0.15, 0.2) is 5.78 Å². The van der Waals surface area contributed by atoms with E-state index in [9.17, 15) is 9.59 Å². The van der Waals surface area contributed by atoms with Gasteiger partial charge in [0.1, 0.15) is 6.54 Å². The average molecular weight is 360 g/mol. The molecule has 27 heavy (non-hydrogen) atoms. The molecule has 0 saturated carbocycles. The van der Waals surface area contributed by atoms with Crippen LogP contribution in [0.4, 0.5) is 0 Å². The Labute approximate surface area is 159 Å². The SMILES string of the molecule is CCCC(=O)c1cn(CC(=O)N2CCc3ccccc3C2)c2ccccc12. The zero-order valence-corrected chi connectivity index (χ0v) is 15.6. The highest BCUT2D eigenvalue weighted by Gasteiger charge is 2.22. The summed E-state index contributed by atoms with van der Waals surface area (Å²) in [6.07, 6.45) is 4.11. The molecule has 0 spiro atoms. The predicted molar refractivity (Wildman–Crippen MR) is 107 cm³/mol. The van der Waals surface area contributed by atoms with Crippen molar-refractivity contribution < 1.29 is 9.59 Å². The molecule has 0 N–H and O–H groups in total. The van der Waals surface area contributed by atoms with Crippen LogP contribution in [0.5, 0.6) is 0 Å². The van der Waals surface area contributed by atoms with Crippen LogP contribution in [0, 0.1) is 0 Å². The number of nitrogens with zero attached hydrogens (tertiary/aromatic N) is 2. The van der Waals surface area contributed by atoms with Gasteiger partial charge in [0.25, 0.3) is 0 Å². The molecule has 1 aromatic heterocycles. The highest BCUT2D eigenvalue weighted by atomic mass is 16.2. The van der Waals surface area contributed by atoms with Crippen molar-refractivity contribution in [1.29, 1.82) is 0 Å². The van der Waals surface area contributed by atoms with Gasteiger partial charge in [-0.15, -0.1) is 0 Å². The summed E-state index contributed by atoms with van der Waals surface area (Å²) in [5.41, 5.74) is 4.24. The first-order valence-electron chi connectivity index (χ1n) is 9.63. The third-order valence-corrected chi connectivity index (χ3v) is 5.36. The van der Waals surface area contributed by atoms with Crippen molar-refractivity contribution in [2.45, 2.75) is 39.3 Å². The molecule has 1 aliphatic rings. The monoisotopic (exact) mass is 360 g/mol. The summed E-state index contributed by atoms with van der Waals surface area (Å²) in [6.45, 7) is 3.68. The van der Waals surface area contributed by atoms with Gasteiger partial charge in [-0.2, -0.15) is 0 Å². The van der Waals surface area contributed by atoms with E-state index in [0.717, 1.165) is 35.9 Å². The summed E-state index contributed by atoms with van der Waals surface area (Å²) in [6, 6.07) is 16.2. The van der Waals surface area contributed by atoms with E-state index in [4.69, 9.17) is 0 Å². The molecule has 1 aliphatic heterocycles. The van der Waals surface area contributed by atoms with E-state index in [-0.39, 0.29) is 18.2 Å². The maximum Gasteiger partial charge on any atom is 0.242 e. The molecule has 0 aliphatic carbocycles. The molecular formula is C23H24N2O2. The summed E-state index contributed by atoms with van der Waals surface area (Å²) < 4.78 is 1.93. The number of benzene rings is 2. The van der Waals surface area contributed by atoms with Crippen molar-refractivity contribution in [3.05, 3.63) is 71.4 Å². The molecule has 1 amide bonds. The van der Waals surface area contributed by atoms with Crippen LogP contribution < -0.4 is 0 Å². The van der Waals surface area contributed by atoms with Crippen LogP contribution >= 0.6 is 0 Å². The molecule has 4 nitrogen and oxygen atoms in total. The first-order chi connectivity index (χ1) is 13.2. The quantitative estimate of drug-likeness (QED) is 0.640. The molecule has 0 saturated heterocycles. The Morgan fingerprint density at radius 3 is 2.56 bits per heavy atom. The second-order valence-electron chi connectivity index (χ2n) is 7.20. The summed E-state index contributed by atoms with van der Waals surface area (Å²) in [5, 5.41) is 0.938. The van der Waals surface area contributed by atoms with Crippen LogP contribution in [-0.2, 0) is 24.3 Å². The molecule has 0 radical (unpaired) electrons. The molecule has 0 atom stereocenters. The van der Waals surface area contributed by atoms with Crippen LogP contribution in [0.2, 0.25) is 0 Å². The van der Waals surface area contributed by atoms with Gasteiger partial charge in [-0.25, -0.2) is 0 Å². The average Bonchev–Trinajstić information content (AvgIpc) is 3.06. The molecule has 0 unspecified atom stereocenters. The predicted octanol–water partition coefficient (Wildman–Crippen LogP) is 4.21. The lowest BCUT2D eigenvalue weighted by Gasteiger charge is -2.29. The van der Waals surface area contributed by atoms with Gasteiger partial charge >= 0.3 is 0 Å². The summed E-state index contributed by atoms with van der Waals surface area (Å²) in [4.78, 5) is 27.4. The smallest absolute Gasteiger partial charge is 0.242 e. The third kappa shape index (κ3) is 3.39. The van der Waals surface area contributed by atoms with Crippen molar-refractivity contribution in [3.63, 3.8) is 0 Å². The zero-order valence-electron chi connectivity index (χ0n) is 15.6. The molecule has 3 aromatic rings. The minimum atomic E-state index is 0.0970. The van der Waals surface area contributed by atoms with Gasteiger partial charge in [-0.3, -0.25) is 9.59 Å². The molecule has 0 fully saturated rings. The Hall–Kier alpha value is -2.88. The minimum Gasteiger partial charge on any atom is -0.337 e. The molecule has 4 heteroatoms.